The van der Waals surface area contributed by atoms with Gasteiger partial charge in [0, 0.05) is 18.4 Å². The van der Waals surface area contributed by atoms with Gasteiger partial charge in [0.2, 0.25) is 0 Å². The van der Waals surface area contributed by atoms with Crippen LogP contribution in [0.3, 0.4) is 0 Å². The maximum Gasteiger partial charge on any atom is 0.191 e. The van der Waals surface area contributed by atoms with E-state index >= 15 is 0 Å². The van der Waals surface area contributed by atoms with Crippen molar-refractivity contribution in [3.63, 3.8) is 0 Å². The van der Waals surface area contributed by atoms with Crippen LogP contribution in [0.4, 0.5) is 4.39 Å². The third-order valence-corrected chi connectivity index (χ3v) is 5.13. The number of benzene rings is 2. The van der Waals surface area contributed by atoms with E-state index in [-0.39, 0.29) is 11.6 Å². The average Bonchev–Trinajstić information content (AvgIpc) is 3.07. The van der Waals surface area contributed by atoms with Crippen LogP contribution < -0.4 is 4.74 Å². The Bertz CT molecular complexity index is 914. The van der Waals surface area contributed by atoms with Crippen LogP contribution in [-0.4, -0.2) is 35.6 Å². The minimum absolute atomic E-state index is 0.244. The molecule has 0 saturated heterocycles. The fourth-order valence-electron chi connectivity index (χ4n) is 2.72. The Balaban J connectivity index is 1.83. The van der Waals surface area contributed by atoms with Crippen molar-refractivity contribution in [3.05, 3.63) is 59.4 Å². The highest BCUT2D eigenvalue weighted by Gasteiger charge is 2.15. The zero-order valence-electron chi connectivity index (χ0n) is 15.6. The van der Waals surface area contributed by atoms with E-state index in [9.17, 15) is 4.39 Å². The third kappa shape index (κ3) is 4.67. The molecular weight excluding hydrogens is 365 g/mol. The number of hydrogen-bond acceptors (Lipinski definition) is 5. The molecule has 7 heteroatoms. The second kappa shape index (κ2) is 9.01. The fourth-order valence-corrected chi connectivity index (χ4v) is 3.63. The van der Waals surface area contributed by atoms with Crippen molar-refractivity contribution >= 4 is 11.8 Å². The zero-order valence-corrected chi connectivity index (χ0v) is 16.4. The molecule has 0 aliphatic heterocycles. The minimum Gasteiger partial charge on any atom is -0.494 e. The van der Waals surface area contributed by atoms with Crippen molar-refractivity contribution in [1.82, 2.24) is 14.8 Å². The van der Waals surface area contributed by atoms with Crippen LogP contribution in [0.1, 0.15) is 11.1 Å². The van der Waals surface area contributed by atoms with Gasteiger partial charge in [0.1, 0.15) is 0 Å². The second-order valence-electron chi connectivity index (χ2n) is 6.08. The molecule has 142 valence electrons. The largest absolute Gasteiger partial charge is 0.494 e. The lowest BCUT2D eigenvalue weighted by Gasteiger charge is -2.10. The van der Waals surface area contributed by atoms with Crippen molar-refractivity contribution in [2.45, 2.75) is 24.4 Å². The summed E-state index contributed by atoms with van der Waals surface area (Å²) in [5, 5.41) is 9.51. The summed E-state index contributed by atoms with van der Waals surface area (Å²) in [7, 11) is 3.13. The van der Waals surface area contributed by atoms with Crippen molar-refractivity contribution in [2.24, 2.45) is 0 Å². The number of rotatable bonds is 8. The van der Waals surface area contributed by atoms with E-state index in [1.165, 1.54) is 24.9 Å². The number of aromatic nitrogens is 3. The lowest BCUT2D eigenvalue weighted by Crippen LogP contribution is -2.07. The van der Waals surface area contributed by atoms with Crippen molar-refractivity contribution in [3.8, 4) is 17.1 Å². The third-order valence-electron chi connectivity index (χ3n) is 4.10. The lowest BCUT2D eigenvalue weighted by atomic mass is 10.1. The average molecular weight is 387 g/mol. The number of methoxy groups -OCH3 is 2. The summed E-state index contributed by atoms with van der Waals surface area (Å²) < 4.78 is 26.2. The molecule has 0 atom stereocenters. The smallest absolute Gasteiger partial charge is 0.191 e. The number of hydrogen-bond donors (Lipinski definition) is 0. The maximum atomic E-state index is 13.9. The molecule has 3 aromatic rings. The molecule has 0 aliphatic rings. The number of halogens is 1. The molecule has 0 spiro atoms. The minimum atomic E-state index is -0.364. The monoisotopic (exact) mass is 387 g/mol. The maximum absolute atomic E-state index is 13.9. The van der Waals surface area contributed by atoms with Gasteiger partial charge >= 0.3 is 0 Å². The highest BCUT2D eigenvalue weighted by Crippen LogP contribution is 2.28. The first kappa shape index (κ1) is 19.4. The summed E-state index contributed by atoms with van der Waals surface area (Å²) in [4.78, 5) is 0. The molecule has 0 fully saturated rings. The Hall–Kier alpha value is -2.38. The van der Waals surface area contributed by atoms with Crippen LogP contribution in [0.2, 0.25) is 0 Å². The SMILES string of the molecule is COCCn1c(SCc2ccc(OC)c(F)c2)nnc1-c1cccc(C)c1. The van der Waals surface area contributed by atoms with Gasteiger partial charge in [0.25, 0.3) is 0 Å². The molecule has 2 aromatic carbocycles. The van der Waals surface area contributed by atoms with Gasteiger partial charge in [-0.05, 0) is 30.7 Å². The first-order valence-electron chi connectivity index (χ1n) is 8.56. The summed E-state index contributed by atoms with van der Waals surface area (Å²) in [5.74, 6) is 1.27. The molecule has 5 nitrogen and oxygen atoms in total. The molecular formula is C20H22FN3O2S. The quantitative estimate of drug-likeness (QED) is 0.538. The fraction of sp³-hybridized carbons (Fsp3) is 0.300. The number of nitrogens with zero attached hydrogens (tertiary/aromatic N) is 3. The predicted molar refractivity (Wildman–Crippen MR) is 105 cm³/mol. The Morgan fingerprint density at radius 3 is 2.67 bits per heavy atom. The van der Waals surface area contributed by atoms with Gasteiger partial charge < -0.3 is 9.47 Å². The first-order valence-corrected chi connectivity index (χ1v) is 9.55. The molecule has 0 aliphatic carbocycles. The second-order valence-corrected chi connectivity index (χ2v) is 7.02. The molecule has 0 amide bonds. The van der Waals surface area contributed by atoms with E-state index < -0.39 is 0 Å². The molecule has 3 rings (SSSR count). The van der Waals surface area contributed by atoms with Crippen LogP contribution in [-0.2, 0) is 17.0 Å². The van der Waals surface area contributed by atoms with Gasteiger partial charge in [-0.25, -0.2) is 4.39 Å². The molecule has 1 aromatic heterocycles. The lowest BCUT2D eigenvalue weighted by molar-refractivity contribution is 0.185. The van der Waals surface area contributed by atoms with Gasteiger partial charge in [-0.1, -0.05) is 41.6 Å². The Kier molecular flexibility index (Phi) is 6.47. The van der Waals surface area contributed by atoms with Crippen molar-refractivity contribution in [2.75, 3.05) is 20.8 Å². The van der Waals surface area contributed by atoms with Gasteiger partial charge in [-0.15, -0.1) is 10.2 Å². The standard InChI is InChI=1S/C20H22FN3O2S/c1-14-5-4-6-16(11-14)19-22-23-20(24(19)9-10-25-2)27-13-15-7-8-18(26-3)17(21)12-15/h4-8,11-12H,9-10,13H2,1-3H3. The van der Waals surface area contributed by atoms with Crippen molar-refractivity contribution in [1.29, 1.82) is 0 Å². The first-order chi connectivity index (χ1) is 13.1. The molecule has 0 unspecified atom stereocenters. The zero-order chi connectivity index (χ0) is 19.2. The Labute approximate surface area is 162 Å². The van der Waals surface area contributed by atoms with Gasteiger partial charge in [0.15, 0.2) is 22.5 Å². The van der Waals surface area contributed by atoms with E-state index in [0.29, 0.717) is 18.9 Å². The Morgan fingerprint density at radius 1 is 1.11 bits per heavy atom. The van der Waals surface area contributed by atoms with Gasteiger partial charge in [-0.3, -0.25) is 4.57 Å². The Morgan fingerprint density at radius 2 is 1.96 bits per heavy atom. The molecule has 0 saturated carbocycles. The van der Waals surface area contributed by atoms with E-state index in [0.717, 1.165) is 27.7 Å². The van der Waals surface area contributed by atoms with E-state index in [4.69, 9.17) is 9.47 Å². The van der Waals surface area contributed by atoms with Crippen LogP contribution in [0.5, 0.6) is 5.75 Å². The normalized spacial score (nSPS) is 11.0. The summed E-state index contributed by atoms with van der Waals surface area (Å²) in [6, 6.07) is 13.1. The van der Waals surface area contributed by atoms with E-state index in [2.05, 4.69) is 16.3 Å². The molecule has 27 heavy (non-hydrogen) atoms. The summed E-state index contributed by atoms with van der Waals surface area (Å²) in [5.41, 5.74) is 3.04. The van der Waals surface area contributed by atoms with E-state index in [1.54, 1.807) is 13.2 Å². The van der Waals surface area contributed by atoms with Crippen LogP contribution in [0.15, 0.2) is 47.6 Å². The number of ether oxygens (including phenoxy) is 2. The summed E-state index contributed by atoms with van der Waals surface area (Å²) >= 11 is 1.52. The topological polar surface area (TPSA) is 49.2 Å². The summed E-state index contributed by atoms with van der Waals surface area (Å²) in [6.45, 7) is 3.25. The number of aryl methyl sites for hydroxylation is 1. The van der Waals surface area contributed by atoms with Crippen LogP contribution in [0, 0.1) is 12.7 Å². The van der Waals surface area contributed by atoms with Crippen molar-refractivity contribution < 1.29 is 13.9 Å². The highest BCUT2D eigenvalue weighted by atomic mass is 32.2. The predicted octanol–water partition coefficient (Wildman–Crippen LogP) is 4.34. The molecule has 0 bridgehead atoms. The van der Waals surface area contributed by atoms with Crippen LogP contribution >= 0.6 is 11.8 Å². The van der Waals surface area contributed by atoms with Gasteiger partial charge in [-0.2, -0.15) is 0 Å². The molecule has 1 heterocycles. The highest BCUT2D eigenvalue weighted by molar-refractivity contribution is 7.98. The molecule has 0 radical (unpaired) electrons. The van der Waals surface area contributed by atoms with Crippen LogP contribution in [0.25, 0.3) is 11.4 Å². The van der Waals surface area contributed by atoms with E-state index in [1.807, 2.05) is 35.8 Å². The number of thioether (sulfide) groups is 1. The summed E-state index contributed by atoms with van der Waals surface area (Å²) in [6.07, 6.45) is 0. The van der Waals surface area contributed by atoms with Gasteiger partial charge in [0.05, 0.1) is 20.3 Å². The molecule has 0 N–H and O–H groups in total.